The average molecular weight is 406 g/mol. The molecule has 30 heavy (non-hydrogen) atoms. The summed E-state index contributed by atoms with van der Waals surface area (Å²) in [6.45, 7) is 0.330. The molecule has 152 valence electrons. The molecule has 0 saturated heterocycles. The monoisotopic (exact) mass is 406 g/mol. The molecular formula is C23H19FN2O4. The molecule has 0 radical (unpaired) electrons. The highest BCUT2D eigenvalue weighted by Crippen LogP contribution is 2.33. The van der Waals surface area contributed by atoms with Gasteiger partial charge >= 0.3 is 0 Å². The van der Waals surface area contributed by atoms with Crippen molar-refractivity contribution in [3.8, 4) is 40.1 Å². The lowest BCUT2D eigenvalue weighted by molar-refractivity contribution is 0.278. The largest absolute Gasteiger partial charge is 0.496 e. The van der Waals surface area contributed by atoms with E-state index in [1.165, 1.54) is 12.1 Å². The topological polar surface area (TPSA) is 66.6 Å². The molecule has 0 aliphatic rings. The number of nitrogens with zero attached hydrogens (tertiary/aromatic N) is 2. The van der Waals surface area contributed by atoms with E-state index in [9.17, 15) is 4.39 Å². The zero-order valence-corrected chi connectivity index (χ0v) is 16.5. The van der Waals surface area contributed by atoms with Gasteiger partial charge in [0, 0.05) is 16.7 Å². The maximum Gasteiger partial charge on any atom is 0.258 e. The lowest BCUT2D eigenvalue weighted by Gasteiger charge is -2.13. The van der Waals surface area contributed by atoms with Crippen molar-refractivity contribution < 1.29 is 23.1 Å². The molecule has 0 aliphatic heterocycles. The second-order valence-electron chi connectivity index (χ2n) is 6.40. The van der Waals surface area contributed by atoms with Gasteiger partial charge in [-0.3, -0.25) is 0 Å². The third kappa shape index (κ3) is 4.10. The van der Waals surface area contributed by atoms with Crippen LogP contribution in [-0.2, 0) is 6.61 Å². The normalized spacial score (nSPS) is 10.6. The van der Waals surface area contributed by atoms with Gasteiger partial charge < -0.3 is 18.7 Å². The Kier molecular flexibility index (Phi) is 5.61. The van der Waals surface area contributed by atoms with Gasteiger partial charge in [-0.05, 0) is 48.5 Å². The fourth-order valence-corrected chi connectivity index (χ4v) is 2.95. The third-order valence-electron chi connectivity index (χ3n) is 4.51. The lowest BCUT2D eigenvalue weighted by atomic mass is 10.2. The van der Waals surface area contributed by atoms with Crippen LogP contribution < -0.4 is 14.2 Å². The summed E-state index contributed by atoms with van der Waals surface area (Å²) in [5.74, 6) is 2.24. The standard InChI is InChI=1S/C23H19FN2O4/c1-27-19-6-4-3-5-17(19)14-29-20-12-9-16(13-21(20)28-2)22-25-23(30-26-22)15-7-10-18(24)11-8-15/h3-13H,14H2,1-2H3. The molecule has 6 nitrogen and oxygen atoms in total. The maximum atomic E-state index is 13.1. The molecule has 0 N–H and O–H groups in total. The summed E-state index contributed by atoms with van der Waals surface area (Å²) in [7, 11) is 3.19. The summed E-state index contributed by atoms with van der Waals surface area (Å²) >= 11 is 0. The van der Waals surface area contributed by atoms with E-state index < -0.39 is 0 Å². The van der Waals surface area contributed by atoms with Gasteiger partial charge in [0.05, 0.1) is 14.2 Å². The molecule has 7 heteroatoms. The summed E-state index contributed by atoms with van der Waals surface area (Å²) in [6.07, 6.45) is 0. The average Bonchev–Trinajstić information content (AvgIpc) is 3.28. The van der Waals surface area contributed by atoms with E-state index in [1.54, 1.807) is 38.5 Å². The van der Waals surface area contributed by atoms with Crippen LogP contribution in [0.1, 0.15) is 5.56 Å². The quantitative estimate of drug-likeness (QED) is 0.423. The molecule has 0 spiro atoms. The molecular weight excluding hydrogens is 387 g/mol. The number of aromatic nitrogens is 2. The summed E-state index contributed by atoms with van der Waals surface area (Å²) in [6, 6.07) is 18.9. The molecule has 0 fully saturated rings. The molecule has 1 aromatic heterocycles. The molecule has 4 rings (SSSR count). The molecule has 0 bridgehead atoms. The van der Waals surface area contributed by atoms with E-state index in [0.717, 1.165) is 11.3 Å². The van der Waals surface area contributed by atoms with Crippen LogP contribution in [0.2, 0.25) is 0 Å². The molecule has 0 aliphatic carbocycles. The van der Waals surface area contributed by atoms with Crippen molar-refractivity contribution in [1.82, 2.24) is 10.1 Å². The van der Waals surface area contributed by atoms with E-state index in [1.807, 2.05) is 30.3 Å². The van der Waals surface area contributed by atoms with Crippen LogP contribution in [0.5, 0.6) is 17.2 Å². The van der Waals surface area contributed by atoms with Crippen molar-refractivity contribution in [2.24, 2.45) is 0 Å². The number of ether oxygens (including phenoxy) is 3. The number of para-hydroxylation sites is 1. The summed E-state index contributed by atoms with van der Waals surface area (Å²) in [5.41, 5.74) is 2.26. The molecule has 0 amide bonds. The van der Waals surface area contributed by atoms with Gasteiger partial charge in [-0.1, -0.05) is 23.4 Å². The Labute approximate surface area is 172 Å². The number of methoxy groups -OCH3 is 2. The second kappa shape index (κ2) is 8.65. The number of rotatable bonds is 7. The van der Waals surface area contributed by atoms with E-state index in [2.05, 4.69) is 10.1 Å². The van der Waals surface area contributed by atoms with Gasteiger partial charge in [-0.15, -0.1) is 0 Å². The minimum atomic E-state index is -0.327. The van der Waals surface area contributed by atoms with Crippen LogP contribution in [0.4, 0.5) is 4.39 Å². The predicted molar refractivity (Wildman–Crippen MR) is 109 cm³/mol. The number of benzene rings is 3. The van der Waals surface area contributed by atoms with E-state index in [4.69, 9.17) is 18.7 Å². The first-order valence-electron chi connectivity index (χ1n) is 9.20. The zero-order chi connectivity index (χ0) is 20.9. The van der Waals surface area contributed by atoms with Crippen LogP contribution in [0, 0.1) is 5.82 Å². The van der Waals surface area contributed by atoms with Gasteiger partial charge in [-0.2, -0.15) is 4.98 Å². The first kappa shape index (κ1) is 19.4. The van der Waals surface area contributed by atoms with Gasteiger partial charge in [0.2, 0.25) is 5.82 Å². The second-order valence-corrected chi connectivity index (χ2v) is 6.40. The van der Waals surface area contributed by atoms with Crippen molar-refractivity contribution in [2.45, 2.75) is 6.61 Å². The van der Waals surface area contributed by atoms with Gasteiger partial charge in [0.25, 0.3) is 5.89 Å². The first-order valence-corrected chi connectivity index (χ1v) is 9.20. The minimum Gasteiger partial charge on any atom is -0.496 e. The Morgan fingerprint density at radius 3 is 2.33 bits per heavy atom. The smallest absolute Gasteiger partial charge is 0.258 e. The third-order valence-corrected chi connectivity index (χ3v) is 4.51. The molecule has 0 unspecified atom stereocenters. The van der Waals surface area contributed by atoms with Crippen LogP contribution >= 0.6 is 0 Å². The zero-order valence-electron chi connectivity index (χ0n) is 16.5. The highest BCUT2D eigenvalue weighted by atomic mass is 19.1. The Morgan fingerprint density at radius 2 is 1.57 bits per heavy atom. The van der Waals surface area contributed by atoms with Crippen LogP contribution in [0.25, 0.3) is 22.8 Å². The molecule has 0 atom stereocenters. The van der Waals surface area contributed by atoms with E-state index in [0.29, 0.717) is 40.9 Å². The Morgan fingerprint density at radius 1 is 0.833 bits per heavy atom. The van der Waals surface area contributed by atoms with Crippen molar-refractivity contribution in [3.63, 3.8) is 0 Å². The SMILES string of the molecule is COc1ccccc1COc1ccc(-c2noc(-c3ccc(F)cc3)n2)cc1OC. The van der Waals surface area contributed by atoms with Crippen LogP contribution in [0.15, 0.2) is 71.3 Å². The lowest BCUT2D eigenvalue weighted by Crippen LogP contribution is -2.00. The van der Waals surface area contributed by atoms with Crippen molar-refractivity contribution in [1.29, 1.82) is 0 Å². The molecule has 3 aromatic carbocycles. The van der Waals surface area contributed by atoms with Crippen LogP contribution in [0.3, 0.4) is 0 Å². The number of halogens is 1. The van der Waals surface area contributed by atoms with Gasteiger partial charge in [0.15, 0.2) is 11.5 Å². The first-order chi connectivity index (χ1) is 14.7. The van der Waals surface area contributed by atoms with Crippen molar-refractivity contribution >= 4 is 0 Å². The Hall–Kier alpha value is -3.87. The Balaban J connectivity index is 1.54. The highest BCUT2D eigenvalue weighted by molar-refractivity contribution is 5.63. The summed E-state index contributed by atoms with van der Waals surface area (Å²) in [4.78, 5) is 4.39. The molecule has 1 heterocycles. The fraction of sp³-hybridized carbons (Fsp3) is 0.130. The van der Waals surface area contributed by atoms with Crippen molar-refractivity contribution in [3.05, 3.63) is 78.1 Å². The van der Waals surface area contributed by atoms with Crippen molar-refractivity contribution in [2.75, 3.05) is 14.2 Å². The highest BCUT2D eigenvalue weighted by Gasteiger charge is 2.14. The van der Waals surface area contributed by atoms with E-state index >= 15 is 0 Å². The van der Waals surface area contributed by atoms with Crippen LogP contribution in [-0.4, -0.2) is 24.4 Å². The van der Waals surface area contributed by atoms with E-state index in [-0.39, 0.29) is 5.82 Å². The minimum absolute atomic E-state index is 0.306. The number of hydrogen-bond acceptors (Lipinski definition) is 6. The number of hydrogen-bond donors (Lipinski definition) is 0. The summed E-state index contributed by atoms with van der Waals surface area (Å²) in [5, 5.41) is 4.01. The molecule has 4 aromatic rings. The summed E-state index contributed by atoms with van der Waals surface area (Å²) < 4.78 is 35.2. The fourth-order valence-electron chi connectivity index (χ4n) is 2.95. The Bertz CT molecular complexity index is 1140. The van der Waals surface area contributed by atoms with Gasteiger partial charge in [-0.25, -0.2) is 4.39 Å². The van der Waals surface area contributed by atoms with Gasteiger partial charge in [0.1, 0.15) is 18.2 Å². The maximum absolute atomic E-state index is 13.1. The molecule has 0 saturated carbocycles. The predicted octanol–water partition coefficient (Wildman–Crippen LogP) is 5.14.